The Kier molecular flexibility index (Phi) is 5.46. The van der Waals surface area contributed by atoms with Crippen LogP contribution in [0.25, 0.3) is 0 Å². The minimum absolute atomic E-state index is 0.000876. The second-order valence-electron chi connectivity index (χ2n) is 5.25. The van der Waals surface area contributed by atoms with Crippen LogP contribution in [-0.4, -0.2) is 38.1 Å². The zero-order valence-electron chi connectivity index (χ0n) is 12.1. The average Bonchev–Trinajstić information content (AvgIpc) is 2.57. The number of alkyl halides is 5. The summed E-state index contributed by atoms with van der Waals surface area (Å²) in [7, 11) is -4.11. The molecular weight excluding hydrogens is 425 g/mol. The van der Waals surface area contributed by atoms with Gasteiger partial charge in [-0.25, -0.2) is 17.2 Å². The predicted octanol–water partition coefficient (Wildman–Crippen LogP) is 4.16. The molecule has 11 heteroatoms. The minimum Gasteiger partial charge on any atom is -0.406 e. The van der Waals surface area contributed by atoms with Crippen LogP contribution in [0.5, 0.6) is 5.75 Å². The van der Waals surface area contributed by atoms with E-state index in [0.717, 1.165) is 22.5 Å². The Bertz CT molecular complexity index is 708. The van der Waals surface area contributed by atoms with Crippen molar-refractivity contribution in [1.29, 1.82) is 0 Å². The molecule has 0 aromatic heterocycles. The van der Waals surface area contributed by atoms with Crippen LogP contribution in [0.3, 0.4) is 0 Å². The molecule has 0 atom stereocenters. The lowest BCUT2D eigenvalue weighted by Gasteiger charge is -2.21. The third kappa shape index (κ3) is 4.79. The van der Waals surface area contributed by atoms with Gasteiger partial charge in [0.25, 0.3) is 0 Å². The van der Waals surface area contributed by atoms with E-state index in [2.05, 4.69) is 20.7 Å². The van der Waals surface area contributed by atoms with E-state index in [1.54, 1.807) is 0 Å². The fourth-order valence-corrected chi connectivity index (χ4v) is 4.80. The van der Waals surface area contributed by atoms with Crippen molar-refractivity contribution in [2.75, 3.05) is 13.1 Å². The molecule has 0 aliphatic carbocycles. The third-order valence-corrected chi connectivity index (χ3v) is 6.31. The molecule has 2 rings (SSSR count). The van der Waals surface area contributed by atoms with E-state index in [0.29, 0.717) is 0 Å². The first-order valence-electron chi connectivity index (χ1n) is 6.84. The van der Waals surface area contributed by atoms with Gasteiger partial charge in [0.15, 0.2) is 0 Å². The van der Waals surface area contributed by atoms with E-state index < -0.39 is 40.9 Å². The zero-order valence-corrected chi connectivity index (χ0v) is 14.5. The maximum atomic E-state index is 13.4. The first-order chi connectivity index (χ1) is 10.9. The van der Waals surface area contributed by atoms with Crippen molar-refractivity contribution in [3.8, 4) is 5.75 Å². The lowest BCUT2D eigenvalue weighted by Crippen LogP contribution is -2.33. The number of sulfonamides is 1. The van der Waals surface area contributed by atoms with Gasteiger partial charge >= 0.3 is 6.36 Å². The molecule has 1 aromatic rings. The maximum Gasteiger partial charge on any atom is 0.573 e. The van der Waals surface area contributed by atoms with E-state index in [-0.39, 0.29) is 28.9 Å². The third-order valence-electron chi connectivity index (χ3n) is 3.43. The van der Waals surface area contributed by atoms with Gasteiger partial charge in [-0.3, -0.25) is 0 Å². The van der Waals surface area contributed by atoms with Crippen LogP contribution in [0.1, 0.15) is 19.3 Å². The molecule has 0 radical (unpaired) electrons. The Hall–Kier alpha value is -0.940. The summed E-state index contributed by atoms with van der Waals surface area (Å²) in [5.41, 5.74) is 0. The van der Waals surface area contributed by atoms with Crippen LogP contribution in [0, 0.1) is 0 Å². The summed E-state index contributed by atoms with van der Waals surface area (Å²) < 4.78 is 92.9. The highest BCUT2D eigenvalue weighted by atomic mass is 79.9. The molecule has 1 aromatic carbocycles. The van der Waals surface area contributed by atoms with Gasteiger partial charge in [-0.1, -0.05) is 0 Å². The molecule has 0 bridgehead atoms. The molecule has 24 heavy (non-hydrogen) atoms. The Labute approximate surface area is 143 Å². The molecular formula is C13H13BrF5NO3S. The van der Waals surface area contributed by atoms with Gasteiger partial charge in [0.05, 0.1) is 4.90 Å². The van der Waals surface area contributed by atoms with Gasteiger partial charge in [-0.15, -0.1) is 13.2 Å². The van der Waals surface area contributed by atoms with E-state index >= 15 is 0 Å². The highest BCUT2D eigenvalue weighted by Crippen LogP contribution is 2.34. The highest BCUT2D eigenvalue weighted by Gasteiger charge is 2.37. The number of nitrogens with zero attached hydrogens (tertiary/aromatic N) is 1. The number of halogens is 6. The Balaban J connectivity index is 2.26. The van der Waals surface area contributed by atoms with Gasteiger partial charge in [0, 0.05) is 30.4 Å². The minimum atomic E-state index is -4.91. The molecule has 1 aliphatic heterocycles. The van der Waals surface area contributed by atoms with Gasteiger partial charge in [0.1, 0.15) is 5.75 Å². The number of benzene rings is 1. The normalized spacial score (nSPS) is 19.8. The van der Waals surface area contributed by atoms with Crippen LogP contribution in [0.15, 0.2) is 27.6 Å². The van der Waals surface area contributed by atoms with Gasteiger partial charge < -0.3 is 4.74 Å². The quantitative estimate of drug-likeness (QED) is 0.667. The average molecular weight is 438 g/mol. The SMILES string of the molecule is O=S(=O)(c1ccc(OC(F)(F)F)cc1Br)N1CCCC(F)(F)CC1. The van der Waals surface area contributed by atoms with E-state index in [4.69, 9.17) is 0 Å². The number of hydrogen-bond donors (Lipinski definition) is 0. The first kappa shape index (κ1) is 19.4. The van der Waals surface area contributed by atoms with E-state index in [1.165, 1.54) is 0 Å². The highest BCUT2D eigenvalue weighted by molar-refractivity contribution is 9.10. The Morgan fingerprint density at radius 1 is 1.17 bits per heavy atom. The Morgan fingerprint density at radius 2 is 1.83 bits per heavy atom. The van der Waals surface area contributed by atoms with Crippen LogP contribution in [0.4, 0.5) is 22.0 Å². The van der Waals surface area contributed by atoms with Crippen molar-refractivity contribution in [3.05, 3.63) is 22.7 Å². The fourth-order valence-electron chi connectivity index (χ4n) is 2.31. The Morgan fingerprint density at radius 3 is 2.42 bits per heavy atom. The van der Waals surface area contributed by atoms with Gasteiger partial charge in [0.2, 0.25) is 15.9 Å². The summed E-state index contributed by atoms with van der Waals surface area (Å²) in [6.07, 6.45) is -5.91. The zero-order chi connectivity index (χ0) is 18.2. The molecule has 0 saturated carbocycles. The summed E-state index contributed by atoms with van der Waals surface area (Å²) in [6.45, 7) is -0.437. The summed E-state index contributed by atoms with van der Waals surface area (Å²) in [5, 5.41) is 0. The van der Waals surface area contributed by atoms with Crippen molar-refractivity contribution < 1.29 is 35.1 Å². The van der Waals surface area contributed by atoms with Crippen molar-refractivity contribution >= 4 is 26.0 Å². The molecule has 0 spiro atoms. The molecule has 1 heterocycles. The van der Waals surface area contributed by atoms with Gasteiger partial charge in [-0.2, -0.15) is 4.31 Å². The largest absolute Gasteiger partial charge is 0.573 e. The van der Waals surface area contributed by atoms with Crippen molar-refractivity contribution in [2.24, 2.45) is 0 Å². The summed E-state index contributed by atoms with van der Waals surface area (Å²) in [5.74, 6) is -3.51. The lowest BCUT2D eigenvalue weighted by atomic mass is 10.1. The number of hydrogen-bond acceptors (Lipinski definition) is 3. The molecule has 1 fully saturated rings. The summed E-state index contributed by atoms with van der Waals surface area (Å²) >= 11 is 2.90. The number of rotatable bonds is 3. The monoisotopic (exact) mass is 437 g/mol. The first-order valence-corrected chi connectivity index (χ1v) is 9.07. The molecule has 136 valence electrons. The van der Waals surface area contributed by atoms with Crippen LogP contribution in [-0.2, 0) is 10.0 Å². The molecule has 0 amide bonds. The number of ether oxygens (including phenoxy) is 1. The van der Waals surface area contributed by atoms with Crippen LogP contribution in [0.2, 0.25) is 0 Å². The van der Waals surface area contributed by atoms with E-state index in [1.807, 2.05) is 0 Å². The molecule has 0 N–H and O–H groups in total. The molecule has 4 nitrogen and oxygen atoms in total. The fraction of sp³-hybridized carbons (Fsp3) is 0.538. The predicted molar refractivity (Wildman–Crippen MR) is 78.4 cm³/mol. The molecule has 1 saturated heterocycles. The molecule has 0 unspecified atom stereocenters. The van der Waals surface area contributed by atoms with Crippen LogP contribution >= 0.6 is 15.9 Å². The standard InChI is InChI=1S/C13H13BrF5NO3S/c14-10-8-9(23-13(17,18)19)2-3-11(10)24(21,22)20-6-1-4-12(15,16)5-7-20/h2-3,8H,1,4-7H2. The van der Waals surface area contributed by atoms with E-state index in [9.17, 15) is 30.4 Å². The lowest BCUT2D eigenvalue weighted by molar-refractivity contribution is -0.274. The maximum absolute atomic E-state index is 13.4. The summed E-state index contributed by atoms with van der Waals surface area (Å²) in [6, 6.07) is 2.67. The molecule has 1 aliphatic rings. The summed E-state index contributed by atoms with van der Waals surface area (Å²) in [4.78, 5) is -0.303. The smallest absolute Gasteiger partial charge is 0.406 e. The van der Waals surface area contributed by atoms with Crippen molar-refractivity contribution in [2.45, 2.75) is 36.4 Å². The van der Waals surface area contributed by atoms with Crippen molar-refractivity contribution in [1.82, 2.24) is 4.31 Å². The second-order valence-corrected chi connectivity index (χ2v) is 8.01. The van der Waals surface area contributed by atoms with Crippen LogP contribution < -0.4 is 4.74 Å². The topological polar surface area (TPSA) is 46.6 Å². The second kappa shape index (κ2) is 6.75. The van der Waals surface area contributed by atoms with Crippen molar-refractivity contribution in [3.63, 3.8) is 0 Å². The van der Waals surface area contributed by atoms with Gasteiger partial charge in [-0.05, 0) is 40.5 Å².